The van der Waals surface area contributed by atoms with E-state index in [4.69, 9.17) is 5.11 Å². The van der Waals surface area contributed by atoms with Crippen LogP contribution in [0.1, 0.15) is 24.7 Å². The predicted octanol–water partition coefficient (Wildman–Crippen LogP) is 0.418. The van der Waals surface area contributed by atoms with Crippen LogP contribution in [-0.4, -0.2) is 47.7 Å². The van der Waals surface area contributed by atoms with E-state index >= 15 is 0 Å². The summed E-state index contributed by atoms with van der Waals surface area (Å²) in [5.41, 5.74) is 0.998. The molecule has 0 radical (unpaired) electrons. The number of rotatable bonds is 5. The van der Waals surface area contributed by atoms with Gasteiger partial charge in [-0.2, -0.15) is 5.10 Å². The van der Waals surface area contributed by atoms with E-state index in [1.54, 1.807) is 20.8 Å². The predicted molar refractivity (Wildman–Crippen MR) is 64.2 cm³/mol. The Kier molecular flexibility index (Phi) is 4.29. The Morgan fingerprint density at radius 3 is 2.47 bits per heavy atom. The molecule has 0 saturated heterocycles. The van der Waals surface area contributed by atoms with E-state index in [1.165, 1.54) is 11.4 Å². The maximum absolute atomic E-state index is 12.2. The number of aryl methyl sites for hydroxylation is 2. The maximum Gasteiger partial charge on any atom is 0.246 e. The molecule has 0 saturated carbocycles. The number of hydrogen-bond acceptors (Lipinski definition) is 4. The van der Waals surface area contributed by atoms with Gasteiger partial charge in [-0.1, -0.05) is 0 Å². The minimum Gasteiger partial charge on any atom is -0.393 e. The smallest absolute Gasteiger partial charge is 0.246 e. The molecule has 0 amide bonds. The van der Waals surface area contributed by atoms with Crippen molar-refractivity contribution in [3.05, 3.63) is 11.4 Å². The summed E-state index contributed by atoms with van der Waals surface area (Å²) in [5.74, 6) is 0. The van der Waals surface area contributed by atoms with Gasteiger partial charge in [0.2, 0.25) is 10.0 Å². The van der Waals surface area contributed by atoms with E-state index in [1.807, 2.05) is 0 Å². The molecule has 0 bridgehead atoms. The molecule has 0 fully saturated rings. The molecule has 17 heavy (non-hydrogen) atoms. The highest BCUT2D eigenvalue weighted by molar-refractivity contribution is 7.89. The van der Waals surface area contributed by atoms with Crippen LogP contribution in [0.5, 0.6) is 0 Å². The first kappa shape index (κ1) is 14.1. The first-order chi connectivity index (χ1) is 7.76. The number of nitrogens with one attached hydrogen (secondary N) is 1. The van der Waals surface area contributed by atoms with Gasteiger partial charge in [0.15, 0.2) is 0 Å². The number of aliphatic hydroxyl groups is 1. The van der Waals surface area contributed by atoms with Gasteiger partial charge < -0.3 is 5.11 Å². The van der Waals surface area contributed by atoms with Crippen LogP contribution in [0.15, 0.2) is 4.90 Å². The van der Waals surface area contributed by atoms with Crippen molar-refractivity contribution in [1.29, 1.82) is 0 Å². The normalized spacial score (nSPS) is 14.2. The Morgan fingerprint density at radius 2 is 2.06 bits per heavy atom. The largest absolute Gasteiger partial charge is 0.393 e. The van der Waals surface area contributed by atoms with Gasteiger partial charge in [0.05, 0.1) is 17.5 Å². The van der Waals surface area contributed by atoms with Crippen LogP contribution in [0.4, 0.5) is 0 Å². The second-order valence-electron chi connectivity index (χ2n) is 4.23. The van der Waals surface area contributed by atoms with Crippen LogP contribution in [0, 0.1) is 13.8 Å². The molecule has 0 aliphatic carbocycles. The zero-order valence-electron chi connectivity index (χ0n) is 10.6. The molecule has 0 spiro atoms. The second-order valence-corrected chi connectivity index (χ2v) is 6.21. The number of nitrogens with zero attached hydrogens (tertiary/aromatic N) is 2. The fraction of sp³-hybridized carbons (Fsp3) is 0.700. The Morgan fingerprint density at radius 1 is 1.47 bits per heavy atom. The Bertz CT molecular complexity index is 459. The molecule has 1 aromatic heterocycles. The fourth-order valence-corrected chi connectivity index (χ4v) is 3.07. The molecule has 1 rings (SSSR count). The first-order valence-electron chi connectivity index (χ1n) is 5.42. The molecule has 1 unspecified atom stereocenters. The van der Waals surface area contributed by atoms with Crippen molar-refractivity contribution in [2.45, 2.75) is 38.2 Å². The standard InChI is InChI=1S/C10H19N3O3S/c1-7(14)5-6-13(4)17(15,16)10-8(2)11-12-9(10)3/h7,14H,5-6H2,1-4H3,(H,11,12). The van der Waals surface area contributed by atoms with Crippen LogP contribution in [-0.2, 0) is 10.0 Å². The lowest BCUT2D eigenvalue weighted by molar-refractivity contribution is 0.177. The zero-order chi connectivity index (χ0) is 13.2. The fourth-order valence-electron chi connectivity index (χ4n) is 1.57. The monoisotopic (exact) mass is 261 g/mol. The molecule has 98 valence electrons. The van der Waals surface area contributed by atoms with Gasteiger partial charge in [0.25, 0.3) is 0 Å². The topological polar surface area (TPSA) is 86.3 Å². The third kappa shape index (κ3) is 3.05. The zero-order valence-corrected chi connectivity index (χ0v) is 11.4. The SMILES string of the molecule is Cc1n[nH]c(C)c1S(=O)(=O)N(C)CCC(C)O. The summed E-state index contributed by atoms with van der Waals surface area (Å²) in [5, 5.41) is 15.7. The summed E-state index contributed by atoms with van der Waals surface area (Å²) >= 11 is 0. The van der Waals surface area contributed by atoms with Crippen molar-refractivity contribution in [3.63, 3.8) is 0 Å². The Hall–Kier alpha value is -0.920. The highest BCUT2D eigenvalue weighted by Gasteiger charge is 2.26. The quantitative estimate of drug-likeness (QED) is 0.804. The third-order valence-corrected chi connectivity index (χ3v) is 4.71. The molecule has 1 aromatic rings. The van der Waals surface area contributed by atoms with E-state index in [9.17, 15) is 8.42 Å². The second kappa shape index (κ2) is 5.16. The van der Waals surface area contributed by atoms with Crippen molar-refractivity contribution in [3.8, 4) is 0 Å². The van der Waals surface area contributed by atoms with Gasteiger partial charge in [-0.25, -0.2) is 12.7 Å². The molecular weight excluding hydrogens is 242 g/mol. The molecule has 2 N–H and O–H groups in total. The van der Waals surface area contributed by atoms with Crippen LogP contribution < -0.4 is 0 Å². The van der Waals surface area contributed by atoms with E-state index in [2.05, 4.69) is 10.2 Å². The van der Waals surface area contributed by atoms with Gasteiger partial charge in [-0.15, -0.1) is 0 Å². The molecule has 7 heteroatoms. The van der Waals surface area contributed by atoms with E-state index in [0.717, 1.165) is 0 Å². The number of sulfonamides is 1. The third-order valence-electron chi connectivity index (χ3n) is 2.59. The number of aliphatic hydroxyl groups excluding tert-OH is 1. The van der Waals surface area contributed by atoms with Gasteiger partial charge in [-0.3, -0.25) is 5.10 Å². The average Bonchev–Trinajstić information content (AvgIpc) is 2.55. The molecule has 1 heterocycles. The number of aromatic amines is 1. The molecule has 0 aliphatic heterocycles. The number of aromatic nitrogens is 2. The summed E-state index contributed by atoms with van der Waals surface area (Å²) in [6.45, 7) is 5.24. The van der Waals surface area contributed by atoms with Crippen molar-refractivity contribution < 1.29 is 13.5 Å². The molecule has 1 atom stereocenters. The van der Waals surface area contributed by atoms with Crippen molar-refractivity contribution in [1.82, 2.24) is 14.5 Å². The number of hydrogen-bond donors (Lipinski definition) is 2. The maximum atomic E-state index is 12.2. The van der Waals surface area contributed by atoms with Crippen molar-refractivity contribution in [2.75, 3.05) is 13.6 Å². The lowest BCUT2D eigenvalue weighted by Gasteiger charge is -2.17. The van der Waals surface area contributed by atoms with E-state index in [0.29, 0.717) is 17.8 Å². The van der Waals surface area contributed by atoms with Crippen LogP contribution in [0.2, 0.25) is 0 Å². The minimum atomic E-state index is -3.52. The summed E-state index contributed by atoms with van der Waals surface area (Å²) in [6, 6.07) is 0. The Balaban J connectivity index is 2.96. The van der Waals surface area contributed by atoms with Gasteiger partial charge in [0, 0.05) is 13.6 Å². The molecule has 6 nitrogen and oxygen atoms in total. The van der Waals surface area contributed by atoms with Crippen molar-refractivity contribution in [2.24, 2.45) is 0 Å². The highest BCUT2D eigenvalue weighted by Crippen LogP contribution is 2.20. The highest BCUT2D eigenvalue weighted by atomic mass is 32.2. The summed E-state index contributed by atoms with van der Waals surface area (Å²) in [7, 11) is -2.02. The summed E-state index contributed by atoms with van der Waals surface area (Å²) < 4.78 is 25.7. The minimum absolute atomic E-state index is 0.227. The van der Waals surface area contributed by atoms with Gasteiger partial charge in [0.1, 0.15) is 4.90 Å². The summed E-state index contributed by atoms with van der Waals surface area (Å²) in [6.07, 6.45) is -0.106. The van der Waals surface area contributed by atoms with Crippen molar-refractivity contribution >= 4 is 10.0 Å². The van der Waals surface area contributed by atoms with E-state index in [-0.39, 0.29) is 11.4 Å². The average molecular weight is 261 g/mol. The lowest BCUT2D eigenvalue weighted by atomic mass is 10.3. The lowest BCUT2D eigenvalue weighted by Crippen LogP contribution is -2.30. The van der Waals surface area contributed by atoms with Crippen LogP contribution in [0.25, 0.3) is 0 Å². The number of H-pyrrole nitrogens is 1. The van der Waals surface area contributed by atoms with E-state index < -0.39 is 16.1 Å². The van der Waals surface area contributed by atoms with Crippen LogP contribution >= 0.6 is 0 Å². The molecule has 0 aliphatic rings. The van der Waals surface area contributed by atoms with Gasteiger partial charge >= 0.3 is 0 Å². The Labute approximate surface area is 102 Å². The van der Waals surface area contributed by atoms with Gasteiger partial charge in [-0.05, 0) is 27.2 Å². The first-order valence-corrected chi connectivity index (χ1v) is 6.86. The summed E-state index contributed by atoms with van der Waals surface area (Å²) in [4.78, 5) is 0.227. The molecule has 0 aromatic carbocycles. The van der Waals surface area contributed by atoms with Crippen LogP contribution in [0.3, 0.4) is 0 Å². The molecular formula is C10H19N3O3S.